The average Bonchev–Trinajstić information content (AvgIpc) is 2.82. The lowest BCUT2D eigenvalue weighted by atomic mass is 9.95. The molecule has 0 aromatic carbocycles. The Balaban J connectivity index is 2.19. The van der Waals surface area contributed by atoms with Gasteiger partial charge in [-0.2, -0.15) is 4.31 Å². The van der Waals surface area contributed by atoms with Crippen LogP contribution in [0.25, 0.3) is 0 Å². The molecular weight excluding hydrogens is 509 g/mol. The first-order chi connectivity index (χ1) is 14.0. The molecule has 0 aliphatic carbocycles. The third-order valence-corrected chi connectivity index (χ3v) is 8.35. The summed E-state index contributed by atoms with van der Waals surface area (Å²) >= 11 is 4.42. The van der Waals surface area contributed by atoms with Gasteiger partial charge in [0.05, 0.1) is 6.61 Å². The van der Waals surface area contributed by atoms with E-state index in [0.717, 1.165) is 12.3 Å². The Hall–Kier alpha value is -1.05. The van der Waals surface area contributed by atoms with Crippen molar-refractivity contribution in [3.63, 3.8) is 0 Å². The van der Waals surface area contributed by atoms with E-state index < -0.39 is 64.3 Å². The van der Waals surface area contributed by atoms with Crippen molar-refractivity contribution >= 4 is 34.2 Å². The van der Waals surface area contributed by atoms with Crippen molar-refractivity contribution in [1.29, 1.82) is 0 Å². The summed E-state index contributed by atoms with van der Waals surface area (Å²) in [6.45, 7) is -5.67. The molecule has 2 rings (SSSR count). The zero-order valence-corrected chi connectivity index (χ0v) is 18.3. The molecule has 0 radical (unpaired) electrons. The maximum atomic E-state index is 12.0. The van der Waals surface area contributed by atoms with Crippen molar-refractivity contribution in [2.75, 3.05) is 6.61 Å². The van der Waals surface area contributed by atoms with E-state index in [-0.39, 0.29) is 0 Å². The first-order valence-corrected chi connectivity index (χ1v) is 13.2. The van der Waals surface area contributed by atoms with Gasteiger partial charge in [0.2, 0.25) is 0 Å². The predicted molar refractivity (Wildman–Crippen MR) is 102 cm³/mol. The van der Waals surface area contributed by atoms with Crippen LogP contribution in [0.15, 0.2) is 21.9 Å². The first-order valence-electron chi connectivity index (χ1n) is 7.63. The standard InChI is InChI=1S/C11H15N2O14P3S/c1-2-11(17)8(15)6(25-9(11)13-4-3-7(14)12-10(13)16)5-24-30(23,31)27-29(21,22)26-28(18,19)20/h1,3-4,6,8-9,15,17H,5H2,(H,21,22)(H,23,31)(H,12,14,16)(H2,18,19,20)/t6-,8?,9-,11-,30+/m1/s1. The van der Waals surface area contributed by atoms with Crippen molar-refractivity contribution in [3.05, 3.63) is 33.1 Å². The second kappa shape index (κ2) is 9.06. The molecule has 1 fully saturated rings. The Labute approximate surface area is 177 Å². The predicted octanol–water partition coefficient (Wildman–Crippen LogP) is -2.38. The lowest BCUT2D eigenvalue weighted by Crippen LogP contribution is -2.48. The molecule has 7 N–H and O–H groups in total. The number of nitrogens with zero attached hydrogens (tertiary/aromatic N) is 1. The van der Waals surface area contributed by atoms with Crippen LogP contribution in [-0.2, 0) is 38.8 Å². The maximum Gasteiger partial charge on any atom is 0.488 e. The molecular formula is C11H15N2O14P3S. The Bertz CT molecular complexity index is 1140. The number of rotatable bonds is 8. The van der Waals surface area contributed by atoms with E-state index >= 15 is 0 Å². The smallest absolute Gasteiger partial charge is 0.386 e. The molecule has 174 valence electrons. The summed E-state index contributed by atoms with van der Waals surface area (Å²) in [6, 6.07) is 0.902. The van der Waals surface area contributed by atoms with Gasteiger partial charge >= 0.3 is 28.1 Å². The van der Waals surface area contributed by atoms with Crippen LogP contribution < -0.4 is 11.2 Å². The lowest BCUT2D eigenvalue weighted by molar-refractivity contribution is -0.0757. The normalized spacial score (nSPS) is 30.3. The molecule has 20 heteroatoms. The van der Waals surface area contributed by atoms with Crippen LogP contribution in [0, 0.1) is 12.3 Å². The lowest BCUT2D eigenvalue weighted by Gasteiger charge is -2.26. The fraction of sp³-hybridized carbons (Fsp3) is 0.455. The van der Waals surface area contributed by atoms with Gasteiger partial charge in [-0.05, 0) is 11.8 Å². The molecule has 0 saturated carbocycles. The minimum atomic E-state index is -5.57. The Kier molecular flexibility index (Phi) is 7.66. The number of phosphoric acid groups is 2. The van der Waals surface area contributed by atoms with Gasteiger partial charge < -0.3 is 39.0 Å². The summed E-state index contributed by atoms with van der Waals surface area (Å²) in [4.78, 5) is 61.1. The number of H-pyrrole nitrogens is 1. The summed E-state index contributed by atoms with van der Waals surface area (Å²) < 4.78 is 40.3. The van der Waals surface area contributed by atoms with Gasteiger partial charge in [-0.15, -0.1) is 6.42 Å². The van der Waals surface area contributed by atoms with Gasteiger partial charge in [0.15, 0.2) is 11.8 Å². The number of aromatic nitrogens is 2. The third-order valence-electron chi connectivity index (χ3n) is 3.64. The van der Waals surface area contributed by atoms with Crippen molar-refractivity contribution in [2.24, 2.45) is 0 Å². The molecule has 1 aliphatic rings. The summed E-state index contributed by atoms with van der Waals surface area (Å²) in [5, 5.41) is 20.9. The highest BCUT2D eigenvalue weighted by Gasteiger charge is 2.56. The van der Waals surface area contributed by atoms with Crippen molar-refractivity contribution in [3.8, 4) is 12.3 Å². The van der Waals surface area contributed by atoms with Crippen LogP contribution in [0.1, 0.15) is 6.23 Å². The van der Waals surface area contributed by atoms with Gasteiger partial charge in [0.1, 0.15) is 12.2 Å². The van der Waals surface area contributed by atoms with Gasteiger partial charge in [0.25, 0.3) is 5.56 Å². The Morgan fingerprint density at radius 3 is 2.42 bits per heavy atom. The highest BCUT2D eigenvalue weighted by molar-refractivity contribution is 8.08. The highest BCUT2D eigenvalue weighted by atomic mass is 32.5. The molecule has 1 aromatic heterocycles. The molecule has 16 nitrogen and oxygen atoms in total. The second-order valence-electron chi connectivity index (χ2n) is 5.85. The van der Waals surface area contributed by atoms with Crippen LogP contribution in [-0.4, -0.2) is 63.8 Å². The zero-order valence-electron chi connectivity index (χ0n) is 14.8. The minimum absolute atomic E-state index is 0.659. The van der Waals surface area contributed by atoms with Crippen molar-refractivity contribution in [1.82, 2.24) is 9.55 Å². The molecule has 31 heavy (non-hydrogen) atoms. The molecule has 1 aromatic rings. The minimum Gasteiger partial charge on any atom is -0.386 e. The van der Waals surface area contributed by atoms with E-state index in [4.69, 9.17) is 20.9 Å². The molecule has 6 atom stereocenters. The zero-order chi connectivity index (χ0) is 23.8. The number of hydrogen-bond donors (Lipinski definition) is 7. The molecule has 2 unspecified atom stereocenters. The number of aromatic amines is 1. The fourth-order valence-corrected chi connectivity index (χ4v) is 6.39. The van der Waals surface area contributed by atoms with Crippen molar-refractivity contribution in [2.45, 2.75) is 24.0 Å². The molecule has 1 aliphatic heterocycles. The average molecular weight is 524 g/mol. The molecule has 0 amide bonds. The first kappa shape index (κ1) is 26.2. The fourth-order valence-electron chi connectivity index (χ4n) is 2.42. The number of terminal acetylenes is 1. The largest absolute Gasteiger partial charge is 0.488 e. The summed E-state index contributed by atoms with van der Waals surface area (Å²) in [5.41, 5.74) is -4.36. The number of nitrogens with one attached hydrogen (secondary N) is 1. The SMILES string of the molecule is C#C[C@@]1(O)C(O)[C@@H](CO[P@](O)(=S)OP(=O)(O)OP(=O)(O)O)O[C@H]1n1ccc(=O)[nH]c1=O. The van der Waals surface area contributed by atoms with Crippen LogP contribution in [0.3, 0.4) is 0 Å². The van der Waals surface area contributed by atoms with Crippen molar-refractivity contribution < 1.29 is 56.8 Å². The van der Waals surface area contributed by atoms with Crippen LogP contribution in [0.4, 0.5) is 0 Å². The summed E-state index contributed by atoms with van der Waals surface area (Å²) in [7, 11) is -11.1. The molecule has 2 heterocycles. The van der Waals surface area contributed by atoms with Crippen LogP contribution in [0.5, 0.6) is 0 Å². The van der Waals surface area contributed by atoms with Gasteiger partial charge in [0, 0.05) is 12.3 Å². The Morgan fingerprint density at radius 1 is 1.29 bits per heavy atom. The topological polar surface area (TPSA) is 247 Å². The van der Waals surface area contributed by atoms with Gasteiger partial charge in [-0.25, -0.2) is 18.2 Å². The molecule has 0 spiro atoms. The number of ether oxygens (including phenoxy) is 1. The van der Waals surface area contributed by atoms with E-state index in [1.807, 2.05) is 10.9 Å². The molecule has 0 bridgehead atoms. The van der Waals surface area contributed by atoms with E-state index in [1.54, 1.807) is 0 Å². The maximum absolute atomic E-state index is 12.0. The molecule has 1 saturated heterocycles. The summed E-state index contributed by atoms with van der Waals surface area (Å²) in [5.74, 6) is 1.84. The monoisotopic (exact) mass is 524 g/mol. The number of aliphatic hydroxyl groups excluding tert-OH is 1. The number of hydrogen-bond acceptors (Lipinski definition) is 11. The third kappa shape index (κ3) is 6.48. The quantitative estimate of drug-likeness (QED) is 0.139. The van der Waals surface area contributed by atoms with E-state index in [1.165, 1.54) is 0 Å². The van der Waals surface area contributed by atoms with E-state index in [2.05, 4.69) is 25.0 Å². The summed E-state index contributed by atoms with van der Waals surface area (Å²) in [6.07, 6.45) is 0.836. The highest BCUT2D eigenvalue weighted by Crippen LogP contribution is 2.66. The Morgan fingerprint density at radius 2 is 1.90 bits per heavy atom. The van der Waals surface area contributed by atoms with Crippen LogP contribution in [0.2, 0.25) is 0 Å². The van der Waals surface area contributed by atoms with E-state index in [9.17, 15) is 38.7 Å². The van der Waals surface area contributed by atoms with Crippen LogP contribution >= 0.6 is 22.4 Å². The second-order valence-corrected chi connectivity index (χ2v) is 11.6. The number of aliphatic hydroxyl groups is 2. The van der Waals surface area contributed by atoms with E-state index in [0.29, 0.717) is 4.57 Å². The van der Waals surface area contributed by atoms with Gasteiger partial charge in [-0.1, -0.05) is 5.92 Å². The van der Waals surface area contributed by atoms with Gasteiger partial charge in [-0.3, -0.25) is 14.3 Å².